The Labute approximate surface area is 84.1 Å². The van der Waals surface area contributed by atoms with Crippen molar-refractivity contribution in [2.45, 2.75) is 6.92 Å². The van der Waals surface area contributed by atoms with Gasteiger partial charge in [-0.2, -0.15) is 4.98 Å². The molecule has 4 nitrogen and oxygen atoms in total. The van der Waals surface area contributed by atoms with Crippen molar-refractivity contribution in [2.24, 2.45) is 0 Å². The highest BCUT2D eigenvalue weighted by molar-refractivity contribution is 9.10. The molecule has 5 heteroatoms. The lowest BCUT2D eigenvalue weighted by Crippen LogP contribution is -1.91. The van der Waals surface area contributed by atoms with E-state index >= 15 is 0 Å². The fourth-order valence-electron chi connectivity index (χ4n) is 1.11. The number of nitrogens with zero attached hydrogens (tertiary/aromatic N) is 3. The molecule has 0 aliphatic carbocycles. The second-order valence-corrected chi connectivity index (χ2v) is 3.65. The van der Waals surface area contributed by atoms with Crippen LogP contribution in [-0.2, 0) is 0 Å². The van der Waals surface area contributed by atoms with Gasteiger partial charge >= 0.3 is 0 Å². The highest BCUT2D eigenvalue weighted by Gasteiger charge is 2.03. The molecule has 1 N–H and O–H groups in total. The number of hydrogen-bond acceptors (Lipinski definition) is 3. The maximum absolute atomic E-state index is 4.25. The van der Waals surface area contributed by atoms with Crippen LogP contribution in [0.1, 0.15) is 5.56 Å². The van der Waals surface area contributed by atoms with Gasteiger partial charge in [-0.15, -0.1) is 5.10 Å². The van der Waals surface area contributed by atoms with Gasteiger partial charge in [0, 0.05) is 17.7 Å². The summed E-state index contributed by atoms with van der Waals surface area (Å²) < 4.78 is 2.77. The summed E-state index contributed by atoms with van der Waals surface area (Å²) in [5.74, 6) is 0.637. The summed E-state index contributed by atoms with van der Waals surface area (Å²) in [7, 11) is 1.80. The SMILES string of the molecule is CNc1nc2cc(C)c(Br)cn2n1. The number of aryl methyl sites for hydroxylation is 1. The molecular weight excluding hydrogens is 232 g/mol. The Morgan fingerprint density at radius 3 is 3.00 bits per heavy atom. The van der Waals surface area contributed by atoms with Crippen LogP contribution in [0.4, 0.5) is 5.95 Å². The molecule has 2 aromatic rings. The number of pyridine rings is 1. The number of rotatable bonds is 1. The maximum atomic E-state index is 4.25. The van der Waals surface area contributed by atoms with Gasteiger partial charge < -0.3 is 5.32 Å². The lowest BCUT2D eigenvalue weighted by molar-refractivity contribution is 0.954. The molecular formula is C8H9BrN4. The predicted octanol–water partition coefficient (Wildman–Crippen LogP) is 1.84. The van der Waals surface area contributed by atoms with Gasteiger partial charge in [0.15, 0.2) is 5.65 Å². The molecule has 0 spiro atoms. The average Bonchev–Trinajstić information content (AvgIpc) is 2.48. The molecule has 13 heavy (non-hydrogen) atoms. The molecule has 0 saturated heterocycles. The summed E-state index contributed by atoms with van der Waals surface area (Å²) in [4.78, 5) is 4.25. The fraction of sp³-hybridized carbons (Fsp3) is 0.250. The van der Waals surface area contributed by atoms with E-state index in [-0.39, 0.29) is 0 Å². The Bertz CT molecular complexity index is 410. The predicted molar refractivity (Wildman–Crippen MR) is 55.0 cm³/mol. The van der Waals surface area contributed by atoms with Crippen molar-refractivity contribution in [1.82, 2.24) is 14.6 Å². The van der Waals surface area contributed by atoms with E-state index in [4.69, 9.17) is 0 Å². The van der Waals surface area contributed by atoms with E-state index < -0.39 is 0 Å². The minimum atomic E-state index is 0.637. The van der Waals surface area contributed by atoms with Crippen molar-refractivity contribution >= 4 is 27.5 Å². The second kappa shape index (κ2) is 2.99. The Morgan fingerprint density at radius 2 is 2.31 bits per heavy atom. The third kappa shape index (κ3) is 1.39. The first-order chi connectivity index (χ1) is 6.20. The highest BCUT2D eigenvalue weighted by atomic mass is 79.9. The third-order valence-electron chi connectivity index (χ3n) is 1.84. The number of fused-ring (bicyclic) bond motifs is 1. The van der Waals surface area contributed by atoms with Crippen LogP contribution in [0.2, 0.25) is 0 Å². The molecule has 0 aromatic carbocycles. The molecule has 2 heterocycles. The topological polar surface area (TPSA) is 42.2 Å². The average molecular weight is 241 g/mol. The van der Waals surface area contributed by atoms with E-state index in [1.165, 1.54) is 0 Å². The van der Waals surface area contributed by atoms with E-state index in [9.17, 15) is 0 Å². The summed E-state index contributed by atoms with van der Waals surface area (Å²) >= 11 is 3.44. The first kappa shape index (κ1) is 8.50. The van der Waals surface area contributed by atoms with Crippen LogP contribution < -0.4 is 5.32 Å². The van der Waals surface area contributed by atoms with E-state index in [2.05, 4.69) is 31.3 Å². The fourth-order valence-corrected chi connectivity index (χ4v) is 1.41. The number of hydrogen-bond donors (Lipinski definition) is 1. The van der Waals surface area contributed by atoms with Crippen LogP contribution in [0.3, 0.4) is 0 Å². The van der Waals surface area contributed by atoms with E-state index in [1.807, 2.05) is 19.2 Å². The zero-order valence-corrected chi connectivity index (χ0v) is 8.96. The summed E-state index contributed by atoms with van der Waals surface area (Å²) in [6.45, 7) is 2.03. The number of aromatic nitrogens is 3. The summed E-state index contributed by atoms with van der Waals surface area (Å²) in [6.07, 6.45) is 1.90. The first-order valence-electron chi connectivity index (χ1n) is 3.91. The molecule has 0 amide bonds. The monoisotopic (exact) mass is 240 g/mol. The van der Waals surface area contributed by atoms with Crippen LogP contribution in [0, 0.1) is 6.92 Å². The summed E-state index contributed by atoms with van der Waals surface area (Å²) in [6, 6.07) is 1.98. The van der Waals surface area contributed by atoms with Gasteiger partial charge in [-0.25, -0.2) is 4.52 Å². The molecule has 0 saturated carbocycles. The molecule has 2 aromatic heterocycles. The molecule has 0 aliphatic rings. The van der Waals surface area contributed by atoms with Crippen molar-refractivity contribution in [1.29, 1.82) is 0 Å². The third-order valence-corrected chi connectivity index (χ3v) is 2.67. The zero-order chi connectivity index (χ0) is 9.42. The van der Waals surface area contributed by atoms with Gasteiger partial charge in [-0.3, -0.25) is 0 Å². The van der Waals surface area contributed by atoms with Gasteiger partial charge in [0.05, 0.1) is 0 Å². The van der Waals surface area contributed by atoms with E-state index in [0.717, 1.165) is 15.7 Å². The van der Waals surface area contributed by atoms with Crippen LogP contribution >= 0.6 is 15.9 Å². The Kier molecular flexibility index (Phi) is 1.95. The van der Waals surface area contributed by atoms with E-state index in [1.54, 1.807) is 11.6 Å². The minimum absolute atomic E-state index is 0.637. The quantitative estimate of drug-likeness (QED) is 0.828. The number of anilines is 1. The van der Waals surface area contributed by atoms with Crippen LogP contribution in [0.25, 0.3) is 5.65 Å². The Morgan fingerprint density at radius 1 is 1.54 bits per heavy atom. The first-order valence-corrected chi connectivity index (χ1v) is 4.70. The Balaban J connectivity index is 2.70. The molecule has 2 rings (SSSR count). The van der Waals surface area contributed by atoms with Crippen LogP contribution in [0.15, 0.2) is 16.7 Å². The molecule has 0 radical (unpaired) electrons. The zero-order valence-electron chi connectivity index (χ0n) is 7.37. The van der Waals surface area contributed by atoms with E-state index in [0.29, 0.717) is 5.95 Å². The lowest BCUT2D eigenvalue weighted by Gasteiger charge is -1.96. The molecule has 0 unspecified atom stereocenters. The number of halogens is 1. The molecule has 0 bridgehead atoms. The molecule has 0 aliphatic heterocycles. The highest BCUT2D eigenvalue weighted by Crippen LogP contribution is 2.17. The lowest BCUT2D eigenvalue weighted by atomic mass is 10.3. The smallest absolute Gasteiger partial charge is 0.242 e. The van der Waals surface area contributed by atoms with Crippen molar-refractivity contribution in [3.8, 4) is 0 Å². The van der Waals surface area contributed by atoms with Gasteiger partial charge in [0.1, 0.15) is 0 Å². The maximum Gasteiger partial charge on any atom is 0.242 e. The summed E-state index contributed by atoms with van der Waals surface area (Å²) in [5, 5.41) is 7.09. The van der Waals surface area contributed by atoms with Gasteiger partial charge in [0.2, 0.25) is 5.95 Å². The van der Waals surface area contributed by atoms with Crippen molar-refractivity contribution in [3.05, 3.63) is 22.3 Å². The van der Waals surface area contributed by atoms with Crippen LogP contribution in [0.5, 0.6) is 0 Å². The van der Waals surface area contributed by atoms with Crippen molar-refractivity contribution < 1.29 is 0 Å². The standard InChI is InChI=1S/C8H9BrN4/c1-5-3-7-11-8(10-2)12-13(7)4-6(5)9/h3-4H,1-2H3,(H,10,12). The van der Waals surface area contributed by atoms with Crippen LogP contribution in [-0.4, -0.2) is 21.6 Å². The van der Waals surface area contributed by atoms with Crippen molar-refractivity contribution in [3.63, 3.8) is 0 Å². The molecule has 68 valence electrons. The van der Waals surface area contributed by atoms with Gasteiger partial charge in [-0.05, 0) is 34.5 Å². The number of nitrogens with one attached hydrogen (secondary N) is 1. The van der Waals surface area contributed by atoms with Gasteiger partial charge in [0.25, 0.3) is 0 Å². The normalized spacial score (nSPS) is 10.7. The van der Waals surface area contributed by atoms with Crippen molar-refractivity contribution in [2.75, 3.05) is 12.4 Å². The van der Waals surface area contributed by atoms with Gasteiger partial charge in [-0.1, -0.05) is 0 Å². The minimum Gasteiger partial charge on any atom is -0.356 e. The largest absolute Gasteiger partial charge is 0.356 e. The molecule has 0 fully saturated rings. The summed E-state index contributed by atoms with van der Waals surface area (Å²) in [5.41, 5.74) is 2.01. The second-order valence-electron chi connectivity index (χ2n) is 2.79. The Hall–Kier alpha value is -1.10. The molecule has 0 atom stereocenters.